The van der Waals surface area contributed by atoms with E-state index in [1.54, 1.807) is 12.1 Å². The topological polar surface area (TPSA) is 63.4 Å². The van der Waals surface area contributed by atoms with Crippen LogP contribution >= 0.6 is 22.9 Å². The average molecular weight is 301 g/mol. The third kappa shape index (κ3) is 4.30. The lowest BCUT2D eigenvalue weighted by molar-refractivity contribution is -0.119. The number of Topliss-reactive ketones (excluding diaryl/α,β-unsaturated/α-hetero) is 1. The van der Waals surface area contributed by atoms with Gasteiger partial charge in [0.15, 0.2) is 5.78 Å². The molecule has 1 aliphatic rings. The molecule has 6 heteroatoms. The van der Waals surface area contributed by atoms with Crippen molar-refractivity contribution >= 4 is 34.6 Å². The number of hydrogen-bond acceptors (Lipinski definition) is 4. The van der Waals surface area contributed by atoms with Crippen molar-refractivity contribution in [2.45, 2.75) is 19.3 Å². The summed E-state index contributed by atoms with van der Waals surface area (Å²) < 4.78 is 0.642. The van der Waals surface area contributed by atoms with Crippen molar-refractivity contribution in [3.8, 4) is 0 Å². The van der Waals surface area contributed by atoms with Gasteiger partial charge >= 0.3 is 0 Å². The zero-order chi connectivity index (χ0) is 13.8. The number of carbonyl (C=O) groups excluding carboxylic acids is 2. The zero-order valence-corrected chi connectivity index (χ0v) is 12.2. The maximum absolute atomic E-state index is 12.0. The highest BCUT2D eigenvalue weighted by Crippen LogP contribution is 2.23. The molecule has 19 heavy (non-hydrogen) atoms. The van der Waals surface area contributed by atoms with Crippen LogP contribution in [0.15, 0.2) is 12.1 Å². The number of nitrogens with zero attached hydrogens (tertiary/aromatic N) is 1. The standard InChI is InChI=1S/C13H17ClN2O2S/c14-12-2-1-11(19-12)10(17)8-16-5-3-9(4-6-16)7-13(15)18/h1-2,9H,3-8H2,(H2,15,18). The molecule has 0 spiro atoms. The van der Waals surface area contributed by atoms with Crippen LogP contribution in [0.5, 0.6) is 0 Å². The molecule has 1 aromatic rings. The summed E-state index contributed by atoms with van der Waals surface area (Å²) >= 11 is 7.15. The first-order valence-corrected chi connectivity index (χ1v) is 7.53. The summed E-state index contributed by atoms with van der Waals surface area (Å²) in [6, 6.07) is 3.52. The summed E-state index contributed by atoms with van der Waals surface area (Å²) in [6.45, 7) is 2.13. The number of thiophene rings is 1. The smallest absolute Gasteiger partial charge is 0.217 e. The van der Waals surface area contributed by atoms with Gasteiger partial charge < -0.3 is 5.73 Å². The van der Waals surface area contributed by atoms with E-state index in [4.69, 9.17) is 17.3 Å². The fourth-order valence-electron chi connectivity index (χ4n) is 2.38. The van der Waals surface area contributed by atoms with E-state index in [9.17, 15) is 9.59 Å². The van der Waals surface area contributed by atoms with E-state index >= 15 is 0 Å². The summed E-state index contributed by atoms with van der Waals surface area (Å²) in [6.07, 6.45) is 2.32. The van der Waals surface area contributed by atoms with Gasteiger partial charge in [0.2, 0.25) is 5.91 Å². The van der Waals surface area contributed by atoms with Crippen LogP contribution in [-0.4, -0.2) is 36.2 Å². The number of primary amides is 1. The van der Waals surface area contributed by atoms with Gasteiger partial charge in [-0.3, -0.25) is 14.5 Å². The minimum atomic E-state index is -0.234. The van der Waals surface area contributed by atoms with Gasteiger partial charge in [-0.15, -0.1) is 11.3 Å². The van der Waals surface area contributed by atoms with Crippen LogP contribution in [0.1, 0.15) is 28.9 Å². The van der Waals surface area contributed by atoms with Crippen molar-refractivity contribution < 1.29 is 9.59 Å². The summed E-state index contributed by atoms with van der Waals surface area (Å²) in [5.41, 5.74) is 5.20. The van der Waals surface area contributed by atoms with E-state index in [1.165, 1.54) is 11.3 Å². The number of halogens is 1. The van der Waals surface area contributed by atoms with Crippen LogP contribution in [0.2, 0.25) is 4.34 Å². The van der Waals surface area contributed by atoms with Gasteiger partial charge in [-0.25, -0.2) is 0 Å². The maximum Gasteiger partial charge on any atom is 0.217 e. The number of rotatable bonds is 5. The Balaban J connectivity index is 1.79. The maximum atomic E-state index is 12.0. The van der Waals surface area contributed by atoms with E-state index in [1.807, 2.05) is 0 Å². The Bertz CT molecular complexity index is 467. The van der Waals surface area contributed by atoms with Crippen LogP contribution < -0.4 is 5.73 Å². The van der Waals surface area contributed by atoms with Gasteiger partial charge in [0.25, 0.3) is 0 Å². The Morgan fingerprint density at radius 2 is 2.05 bits per heavy atom. The Hall–Kier alpha value is -0.910. The van der Waals surface area contributed by atoms with E-state index in [2.05, 4.69) is 4.90 Å². The van der Waals surface area contributed by atoms with Crippen molar-refractivity contribution in [1.29, 1.82) is 0 Å². The molecule has 4 nitrogen and oxygen atoms in total. The Morgan fingerprint density at radius 1 is 1.37 bits per heavy atom. The van der Waals surface area contributed by atoms with Gasteiger partial charge in [0.05, 0.1) is 15.8 Å². The van der Waals surface area contributed by atoms with E-state index in [0.29, 0.717) is 28.1 Å². The number of nitrogens with two attached hydrogens (primary N) is 1. The largest absolute Gasteiger partial charge is 0.370 e. The predicted molar refractivity (Wildman–Crippen MR) is 76.6 cm³/mol. The molecule has 1 aliphatic heterocycles. The van der Waals surface area contributed by atoms with Crippen molar-refractivity contribution in [2.24, 2.45) is 11.7 Å². The Kier molecular flexibility index (Phi) is 4.96. The normalized spacial score (nSPS) is 17.5. The van der Waals surface area contributed by atoms with E-state index in [-0.39, 0.29) is 11.7 Å². The SMILES string of the molecule is NC(=O)CC1CCN(CC(=O)c2ccc(Cl)s2)CC1. The summed E-state index contributed by atoms with van der Waals surface area (Å²) in [5, 5.41) is 0. The number of ketones is 1. The minimum Gasteiger partial charge on any atom is -0.370 e. The number of likely N-dealkylation sites (tertiary alicyclic amines) is 1. The molecule has 1 saturated heterocycles. The molecular weight excluding hydrogens is 284 g/mol. The molecule has 0 unspecified atom stereocenters. The van der Waals surface area contributed by atoms with Crippen LogP contribution in [0, 0.1) is 5.92 Å². The third-order valence-electron chi connectivity index (χ3n) is 3.41. The van der Waals surface area contributed by atoms with Gasteiger partial charge in [-0.05, 0) is 44.0 Å². The molecule has 0 saturated carbocycles. The van der Waals surface area contributed by atoms with E-state index < -0.39 is 0 Å². The summed E-state index contributed by atoms with van der Waals surface area (Å²) in [7, 11) is 0. The molecule has 0 radical (unpaired) electrons. The summed E-state index contributed by atoms with van der Waals surface area (Å²) in [4.78, 5) is 25.7. The average Bonchev–Trinajstić information content (AvgIpc) is 2.78. The van der Waals surface area contributed by atoms with Crippen LogP contribution in [0.25, 0.3) is 0 Å². The van der Waals surface area contributed by atoms with Crippen LogP contribution in [0.3, 0.4) is 0 Å². The number of carbonyl (C=O) groups is 2. The summed E-state index contributed by atoms with van der Waals surface area (Å²) in [5.74, 6) is 0.257. The molecule has 0 bridgehead atoms. The quantitative estimate of drug-likeness (QED) is 0.848. The lowest BCUT2D eigenvalue weighted by Gasteiger charge is -2.30. The molecule has 2 heterocycles. The van der Waals surface area contributed by atoms with Gasteiger partial charge in [-0.1, -0.05) is 11.6 Å². The first-order valence-electron chi connectivity index (χ1n) is 6.34. The molecule has 1 amide bonds. The molecule has 1 aromatic heterocycles. The fourth-order valence-corrected chi connectivity index (χ4v) is 3.35. The second-order valence-electron chi connectivity index (χ2n) is 4.92. The molecule has 0 aliphatic carbocycles. The second-order valence-corrected chi connectivity index (χ2v) is 6.63. The molecule has 2 rings (SSSR count). The third-order valence-corrected chi connectivity index (χ3v) is 4.68. The Labute approximate surface area is 121 Å². The lowest BCUT2D eigenvalue weighted by Crippen LogP contribution is -2.38. The van der Waals surface area contributed by atoms with Gasteiger partial charge in [0.1, 0.15) is 0 Å². The monoisotopic (exact) mass is 300 g/mol. The van der Waals surface area contributed by atoms with Crippen molar-refractivity contribution in [2.75, 3.05) is 19.6 Å². The highest BCUT2D eigenvalue weighted by atomic mass is 35.5. The highest BCUT2D eigenvalue weighted by Gasteiger charge is 2.22. The Morgan fingerprint density at radius 3 is 2.58 bits per heavy atom. The minimum absolute atomic E-state index is 0.116. The molecule has 2 N–H and O–H groups in total. The van der Waals surface area contributed by atoms with Crippen molar-refractivity contribution in [3.05, 3.63) is 21.3 Å². The number of hydrogen-bond donors (Lipinski definition) is 1. The van der Waals surface area contributed by atoms with Gasteiger partial charge in [0, 0.05) is 6.42 Å². The molecule has 0 aromatic carbocycles. The molecule has 104 valence electrons. The molecular formula is C13H17ClN2O2S. The van der Waals surface area contributed by atoms with Gasteiger partial charge in [-0.2, -0.15) is 0 Å². The van der Waals surface area contributed by atoms with Crippen molar-refractivity contribution in [3.63, 3.8) is 0 Å². The first-order chi connectivity index (χ1) is 9.04. The predicted octanol–water partition coefficient (Wildman–Crippen LogP) is 2.17. The van der Waals surface area contributed by atoms with Crippen LogP contribution in [0.4, 0.5) is 0 Å². The van der Waals surface area contributed by atoms with Crippen LogP contribution in [-0.2, 0) is 4.79 Å². The molecule has 0 atom stereocenters. The molecule has 1 fully saturated rings. The van der Waals surface area contributed by atoms with E-state index in [0.717, 1.165) is 25.9 Å². The zero-order valence-electron chi connectivity index (χ0n) is 10.6. The number of piperidine rings is 1. The fraction of sp³-hybridized carbons (Fsp3) is 0.538. The first kappa shape index (κ1) is 14.5. The number of amides is 1. The second kappa shape index (κ2) is 6.50. The highest BCUT2D eigenvalue weighted by molar-refractivity contribution is 7.18. The van der Waals surface area contributed by atoms with Crippen molar-refractivity contribution in [1.82, 2.24) is 4.90 Å². The lowest BCUT2D eigenvalue weighted by atomic mass is 9.93.